The second-order valence-corrected chi connectivity index (χ2v) is 4.84. The van der Waals surface area contributed by atoms with Crippen molar-refractivity contribution in [1.29, 1.82) is 0 Å². The Kier molecular flexibility index (Phi) is 3.13. The number of ether oxygens (including phenoxy) is 1. The lowest BCUT2D eigenvalue weighted by Crippen LogP contribution is -2.62. The Labute approximate surface area is 105 Å². The Morgan fingerprint density at radius 2 is 1.82 bits per heavy atom. The van der Waals surface area contributed by atoms with Crippen molar-refractivity contribution >= 4 is 17.5 Å². The van der Waals surface area contributed by atoms with Crippen LogP contribution in [0, 0.1) is 0 Å². The molecule has 0 amide bonds. The van der Waals surface area contributed by atoms with Crippen LogP contribution in [0.1, 0.15) is 0 Å². The molecule has 92 valence electrons. The van der Waals surface area contributed by atoms with E-state index in [-0.39, 0.29) is 0 Å². The molecule has 2 fully saturated rings. The van der Waals surface area contributed by atoms with Crippen molar-refractivity contribution in [2.45, 2.75) is 6.04 Å². The van der Waals surface area contributed by atoms with Gasteiger partial charge in [0.05, 0.1) is 30.6 Å². The lowest BCUT2D eigenvalue weighted by atomic mass is 10.1. The summed E-state index contributed by atoms with van der Waals surface area (Å²) in [6.07, 6.45) is 3.29. The van der Waals surface area contributed by atoms with Gasteiger partial charge < -0.3 is 9.64 Å². The van der Waals surface area contributed by atoms with Gasteiger partial charge >= 0.3 is 0 Å². The number of hydrogen-bond acceptors (Lipinski definition) is 5. The summed E-state index contributed by atoms with van der Waals surface area (Å²) in [6.45, 7) is 5.80. The summed E-state index contributed by atoms with van der Waals surface area (Å²) in [5.41, 5.74) is 0. The van der Waals surface area contributed by atoms with E-state index in [0.29, 0.717) is 11.1 Å². The number of aromatic nitrogens is 2. The molecular formula is C11H15ClN4O. The zero-order chi connectivity index (χ0) is 11.7. The zero-order valence-electron chi connectivity index (χ0n) is 9.55. The van der Waals surface area contributed by atoms with Crippen molar-refractivity contribution in [2.24, 2.45) is 0 Å². The lowest BCUT2D eigenvalue weighted by molar-refractivity contribution is 0.0103. The van der Waals surface area contributed by atoms with Gasteiger partial charge in [0.2, 0.25) is 5.95 Å². The third-order valence-corrected chi connectivity index (χ3v) is 3.51. The summed E-state index contributed by atoms with van der Waals surface area (Å²) < 4.78 is 5.35. The molecule has 6 heteroatoms. The van der Waals surface area contributed by atoms with E-state index in [4.69, 9.17) is 16.3 Å². The molecular weight excluding hydrogens is 240 g/mol. The molecule has 0 atom stereocenters. The van der Waals surface area contributed by atoms with Gasteiger partial charge in [-0.05, 0) is 0 Å². The quantitative estimate of drug-likeness (QED) is 0.775. The van der Waals surface area contributed by atoms with Crippen molar-refractivity contribution in [1.82, 2.24) is 14.9 Å². The Hall–Kier alpha value is -0.910. The van der Waals surface area contributed by atoms with E-state index in [1.54, 1.807) is 12.4 Å². The summed E-state index contributed by atoms with van der Waals surface area (Å²) in [4.78, 5) is 13.1. The Morgan fingerprint density at radius 1 is 1.18 bits per heavy atom. The van der Waals surface area contributed by atoms with Crippen LogP contribution in [-0.4, -0.2) is 60.3 Å². The first kappa shape index (κ1) is 11.2. The fraction of sp³-hybridized carbons (Fsp3) is 0.636. The van der Waals surface area contributed by atoms with Crippen molar-refractivity contribution in [2.75, 3.05) is 44.3 Å². The average molecular weight is 255 g/mol. The molecule has 5 nitrogen and oxygen atoms in total. The van der Waals surface area contributed by atoms with Crippen LogP contribution < -0.4 is 4.90 Å². The standard InChI is InChI=1S/C11H15ClN4O/c12-9-5-13-11(14-6-9)16-7-10(8-16)15-1-3-17-4-2-15/h5-6,10H,1-4,7-8H2. The highest BCUT2D eigenvalue weighted by molar-refractivity contribution is 6.30. The molecule has 1 aromatic rings. The van der Waals surface area contributed by atoms with E-state index in [9.17, 15) is 0 Å². The smallest absolute Gasteiger partial charge is 0.225 e. The molecule has 3 rings (SSSR count). The van der Waals surface area contributed by atoms with E-state index < -0.39 is 0 Å². The van der Waals surface area contributed by atoms with Gasteiger partial charge in [0.1, 0.15) is 0 Å². The van der Waals surface area contributed by atoms with Crippen LogP contribution in [-0.2, 0) is 4.74 Å². The third kappa shape index (κ3) is 2.36. The largest absolute Gasteiger partial charge is 0.379 e. The van der Waals surface area contributed by atoms with Gasteiger partial charge in [-0.15, -0.1) is 0 Å². The van der Waals surface area contributed by atoms with Crippen LogP contribution in [0.5, 0.6) is 0 Å². The fourth-order valence-corrected chi connectivity index (χ4v) is 2.36. The van der Waals surface area contributed by atoms with Crippen molar-refractivity contribution in [3.63, 3.8) is 0 Å². The summed E-state index contributed by atoms with van der Waals surface area (Å²) in [5.74, 6) is 0.777. The second-order valence-electron chi connectivity index (χ2n) is 4.41. The molecule has 2 aliphatic rings. The van der Waals surface area contributed by atoms with Gasteiger partial charge in [-0.2, -0.15) is 0 Å². The van der Waals surface area contributed by atoms with E-state index in [1.165, 1.54) is 0 Å². The first-order valence-corrected chi connectivity index (χ1v) is 6.25. The maximum Gasteiger partial charge on any atom is 0.225 e. The molecule has 2 aliphatic heterocycles. The molecule has 0 N–H and O–H groups in total. The van der Waals surface area contributed by atoms with E-state index >= 15 is 0 Å². The lowest BCUT2D eigenvalue weighted by Gasteiger charge is -2.46. The van der Waals surface area contributed by atoms with Gasteiger partial charge in [-0.25, -0.2) is 9.97 Å². The van der Waals surface area contributed by atoms with Crippen LogP contribution in [0.3, 0.4) is 0 Å². The van der Waals surface area contributed by atoms with Gasteiger partial charge in [0.25, 0.3) is 0 Å². The highest BCUT2D eigenvalue weighted by Gasteiger charge is 2.33. The van der Waals surface area contributed by atoms with E-state index in [2.05, 4.69) is 19.8 Å². The Morgan fingerprint density at radius 3 is 2.47 bits per heavy atom. The zero-order valence-corrected chi connectivity index (χ0v) is 10.3. The number of anilines is 1. The van der Waals surface area contributed by atoms with Gasteiger partial charge in [-0.3, -0.25) is 4.90 Å². The average Bonchev–Trinajstić information content (AvgIpc) is 2.31. The minimum atomic E-state index is 0.582. The van der Waals surface area contributed by atoms with Crippen LogP contribution in [0.15, 0.2) is 12.4 Å². The molecule has 0 bridgehead atoms. The molecule has 2 saturated heterocycles. The number of halogens is 1. The number of hydrogen-bond donors (Lipinski definition) is 0. The van der Waals surface area contributed by atoms with Crippen LogP contribution >= 0.6 is 11.6 Å². The molecule has 3 heterocycles. The van der Waals surface area contributed by atoms with Gasteiger partial charge in [0, 0.05) is 32.2 Å². The normalized spacial score (nSPS) is 22.5. The first-order valence-electron chi connectivity index (χ1n) is 5.87. The SMILES string of the molecule is Clc1cnc(N2CC(N3CCOCC3)C2)nc1. The van der Waals surface area contributed by atoms with Crippen molar-refractivity contribution in [3.05, 3.63) is 17.4 Å². The number of morpholine rings is 1. The van der Waals surface area contributed by atoms with Crippen LogP contribution in [0.4, 0.5) is 5.95 Å². The Balaban J connectivity index is 1.55. The van der Waals surface area contributed by atoms with Crippen LogP contribution in [0.2, 0.25) is 5.02 Å². The van der Waals surface area contributed by atoms with Crippen molar-refractivity contribution < 1.29 is 4.74 Å². The molecule has 0 saturated carbocycles. The summed E-state index contributed by atoms with van der Waals surface area (Å²) >= 11 is 5.76. The monoisotopic (exact) mass is 254 g/mol. The van der Waals surface area contributed by atoms with E-state index in [0.717, 1.165) is 45.3 Å². The summed E-state index contributed by atoms with van der Waals surface area (Å²) in [6, 6.07) is 0.623. The highest BCUT2D eigenvalue weighted by Crippen LogP contribution is 2.21. The minimum Gasteiger partial charge on any atom is -0.379 e. The second kappa shape index (κ2) is 4.76. The predicted molar refractivity (Wildman–Crippen MR) is 65.4 cm³/mol. The summed E-state index contributed by atoms with van der Waals surface area (Å²) in [7, 11) is 0. The Bertz CT molecular complexity index is 374. The number of rotatable bonds is 2. The maximum absolute atomic E-state index is 5.76. The fourth-order valence-electron chi connectivity index (χ4n) is 2.26. The molecule has 0 aromatic carbocycles. The minimum absolute atomic E-state index is 0.582. The molecule has 0 aliphatic carbocycles. The molecule has 0 unspecified atom stereocenters. The molecule has 1 aromatic heterocycles. The molecule has 0 radical (unpaired) electrons. The summed E-state index contributed by atoms with van der Waals surface area (Å²) in [5, 5.41) is 0.582. The van der Waals surface area contributed by atoms with Gasteiger partial charge in [0.15, 0.2) is 0 Å². The van der Waals surface area contributed by atoms with Crippen molar-refractivity contribution in [3.8, 4) is 0 Å². The molecule has 0 spiro atoms. The number of nitrogens with zero attached hydrogens (tertiary/aromatic N) is 4. The maximum atomic E-state index is 5.76. The topological polar surface area (TPSA) is 41.5 Å². The molecule has 17 heavy (non-hydrogen) atoms. The highest BCUT2D eigenvalue weighted by atomic mass is 35.5. The van der Waals surface area contributed by atoms with Crippen LogP contribution in [0.25, 0.3) is 0 Å². The van der Waals surface area contributed by atoms with Gasteiger partial charge in [-0.1, -0.05) is 11.6 Å². The predicted octanol–water partition coefficient (Wildman–Crippen LogP) is 0.651. The first-order chi connectivity index (χ1) is 8.33. The van der Waals surface area contributed by atoms with E-state index in [1.807, 2.05) is 0 Å². The third-order valence-electron chi connectivity index (χ3n) is 3.31.